The van der Waals surface area contributed by atoms with Crippen LogP contribution in [0.25, 0.3) is 28.2 Å². The smallest absolute Gasteiger partial charge is 0.158 e. The summed E-state index contributed by atoms with van der Waals surface area (Å²) < 4.78 is 15.5. The third-order valence-corrected chi connectivity index (χ3v) is 6.20. The highest BCUT2D eigenvalue weighted by Crippen LogP contribution is 2.34. The number of imidazole rings is 1. The van der Waals surface area contributed by atoms with Crippen molar-refractivity contribution < 1.29 is 4.39 Å². The third-order valence-electron chi connectivity index (χ3n) is 6.20. The van der Waals surface area contributed by atoms with Gasteiger partial charge in [0.15, 0.2) is 5.65 Å². The number of piperazine rings is 1. The molecule has 5 rings (SSSR count). The second-order valence-corrected chi connectivity index (χ2v) is 8.59. The molecule has 164 valence electrons. The van der Waals surface area contributed by atoms with Crippen molar-refractivity contribution in [2.75, 3.05) is 31.1 Å². The van der Waals surface area contributed by atoms with Gasteiger partial charge in [0.1, 0.15) is 17.3 Å². The van der Waals surface area contributed by atoms with Gasteiger partial charge in [0.25, 0.3) is 0 Å². The van der Waals surface area contributed by atoms with E-state index >= 15 is 0 Å². The molecule has 1 aliphatic rings. The van der Waals surface area contributed by atoms with Gasteiger partial charge in [0, 0.05) is 55.7 Å². The molecule has 4 heterocycles. The summed E-state index contributed by atoms with van der Waals surface area (Å²) in [7, 11) is 0. The Bertz CT molecular complexity index is 1230. The number of aromatic nitrogens is 4. The van der Waals surface area contributed by atoms with Gasteiger partial charge in [-0.25, -0.2) is 13.9 Å². The molecule has 3 aromatic heterocycles. The first-order valence-electron chi connectivity index (χ1n) is 11.1. The molecule has 0 bridgehead atoms. The van der Waals surface area contributed by atoms with E-state index in [1.165, 1.54) is 12.1 Å². The van der Waals surface area contributed by atoms with Gasteiger partial charge in [-0.15, -0.1) is 5.10 Å². The average Bonchev–Trinajstić information content (AvgIpc) is 3.20. The van der Waals surface area contributed by atoms with Crippen LogP contribution in [-0.2, 0) is 0 Å². The van der Waals surface area contributed by atoms with Gasteiger partial charge in [0.2, 0.25) is 0 Å². The molecule has 0 unspecified atom stereocenters. The van der Waals surface area contributed by atoms with E-state index in [-0.39, 0.29) is 5.82 Å². The molecular weight excluding hydrogens is 403 g/mol. The molecule has 0 aliphatic carbocycles. The number of hydrogen-bond acceptors (Lipinski definition) is 5. The highest BCUT2D eigenvalue weighted by atomic mass is 19.1. The molecule has 1 aromatic carbocycles. The number of halogens is 1. The van der Waals surface area contributed by atoms with Crippen LogP contribution >= 0.6 is 0 Å². The molecule has 4 aromatic rings. The molecule has 1 saturated heterocycles. The number of aryl methyl sites for hydroxylation is 1. The van der Waals surface area contributed by atoms with E-state index in [4.69, 9.17) is 10.1 Å². The molecule has 1 fully saturated rings. The van der Waals surface area contributed by atoms with Crippen molar-refractivity contribution >= 4 is 11.5 Å². The zero-order chi connectivity index (χ0) is 22.2. The van der Waals surface area contributed by atoms with E-state index < -0.39 is 0 Å². The van der Waals surface area contributed by atoms with Gasteiger partial charge >= 0.3 is 0 Å². The standard InChI is InChI=1S/C25H27FN6/c1-17(2)30-12-14-31(15-13-30)22-16-18(3)25-28-23(19-4-6-21(26)7-5-19)24(32(25)29-22)20-8-10-27-11-9-20/h4-11,16-17H,12-15H2,1-3H3. The van der Waals surface area contributed by atoms with Gasteiger partial charge in [-0.05, 0) is 68.8 Å². The van der Waals surface area contributed by atoms with Crippen LogP contribution < -0.4 is 4.90 Å². The Morgan fingerprint density at radius 1 is 0.906 bits per heavy atom. The summed E-state index contributed by atoms with van der Waals surface area (Å²) in [5.74, 6) is 0.692. The Balaban J connectivity index is 1.64. The van der Waals surface area contributed by atoms with Crippen molar-refractivity contribution in [3.8, 4) is 22.5 Å². The second kappa shape index (κ2) is 8.31. The molecule has 0 radical (unpaired) electrons. The maximum absolute atomic E-state index is 13.6. The van der Waals surface area contributed by atoms with E-state index in [0.717, 1.165) is 65.7 Å². The van der Waals surface area contributed by atoms with Gasteiger partial charge in [-0.3, -0.25) is 9.88 Å². The lowest BCUT2D eigenvalue weighted by atomic mass is 10.1. The van der Waals surface area contributed by atoms with Crippen LogP contribution in [0.3, 0.4) is 0 Å². The third kappa shape index (κ3) is 3.73. The molecular formula is C25H27FN6. The summed E-state index contributed by atoms with van der Waals surface area (Å²) >= 11 is 0. The summed E-state index contributed by atoms with van der Waals surface area (Å²) in [5, 5.41) is 5.04. The highest BCUT2D eigenvalue weighted by Gasteiger charge is 2.23. The number of nitrogens with zero attached hydrogens (tertiary/aromatic N) is 6. The quantitative estimate of drug-likeness (QED) is 0.479. The predicted octanol–water partition coefficient (Wildman–Crippen LogP) is 4.44. The topological polar surface area (TPSA) is 49.6 Å². The lowest BCUT2D eigenvalue weighted by Crippen LogP contribution is -2.49. The van der Waals surface area contributed by atoms with Gasteiger partial charge in [-0.1, -0.05) is 0 Å². The van der Waals surface area contributed by atoms with E-state index in [1.807, 2.05) is 16.6 Å². The number of anilines is 1. The SMILES string of the molecule is Cc1cc(N2CCN(C(C)C)CC2)nn2c(-c3ccncc3)c(-c3ccc(F)cc3)nc12. The van der Waals surface area contributed by atoms with Crippen LogP contribution in [0.2, 0.25) is 0 Å². The van der Waals surface area contributed by atoms with Gasteiger partial charge < -0.3 is 4.90 Å². The van der Waals surface area contributed by atoms with Crippen LogP contribution in [0.4, 0.5) is 10.2 Å². The first-order chi connectivity index (χ1) is 15.5. The minimum absolute atomic E-state index is 0.264. The zero-order valence-electron chi connectivity index (χ0n) is 18.7. The maximum atomic E-state index is 13.6. The van der Waals surface area contributed by atoms with Crippen molar-refractivity contribution in [1.29, 1.82) is 0 Å². The Morgan fingerprint density at radius 2 is 1.59 bits per heavy atom. The first-order valence-corrected chi connectivity index (χ1v) is 11.1. The largest absolute Gasteiger partial charge is 0.353 e. The fourth-order valence-electron chi connectivity index (χ4n) is 4.35. The van der Waals surface area contributed by atoms with Crippen LogP contribution in [0, 0.1) is 12.7 Å². The lowest BCUT2D eigenvalue weighted by molar-refractivity contribution is 0.209. The summed E-state index contributed by atoms with van der Waals surface area (Å²) in [6.07, 6.45) is 3.54. The Morgan fingerprint density at radius 3 is 2.25 bits per heavy atom. The molecule has 0 amide bonds. The summed E-state index contributed by atoms with van der Waals surface area (Å²) in [6, 6.07) is 13.1. The predicted molar refractivity (Wildman–Crippen MR) is 125 cm³/mol. The van der Waals surface area contributed by atoms with Crippen molar-refractivity contribution in [3.63, 3.8) is 0 Å². The molecule has 7 heteroatoms. The van der Waals surface area contributed by atoms with Crippen LogP contribution in [0.15, 0.2) is 54.9 Å². The molecule has 0 atom stereocenters. The van der Waals surface area contributed by atoms with Crippen molar-refractivity contribution in [3.05, 3.63) is 66.2 Å². The normalized spacial score (nSPS) is 15.1. The lowest BCUT2D eigenvalue weighted by Gasteiger charge is -2.37. The number of pyridine rings is 1. The molecule has 0 N–H and O–H groups in total. The molecule has 6 nitrogen and oxygen atoms in total. The summed E-state index contributed by atoms with van der Waals surface area (Å²) in [6.45, 7) is 10.5. The zero-order valence-corrected chi connectivity index (χ0v) is 18.7. The summed E-state index contributed by atoms with van der Waals surface area (Å²) in [4.78, 5) is 13.9. The number of benzene rings is 1. The van der Waals surface area contributed by atoms with Crippen molar-refractivity contribution in [2.24, 2.45) is 0 Å². The monoisotopic (exact) mass is 430 g/mol. The minimum Gasteiger partial charge on any atom is -0.353 e. The Hall–Kier alpha value is -3.32. The highest BCUT2D eigenvalue weighted by molar-refractivity contribution is 5.82. The fourth-order valence-corrected chi connectivity index (χ4v) is 4.35. The van der Waals surface area contributed by atoms with Crippen LogP contribution in [0.1, 0.15) is 19.4 Å². The molecule has 32 heavy (non-hydrogen) atoms. The van der Waals surface area contributed by atoms with E-state index in [1.54, 1.807) is 24.5 Å². The van der Waals surface area contributed by atoms with Crippen molar-refractivity contribution in [2.45, 2.75) is 26.8 Å². The first kappa shape index (κ1) is 20.6. The summed E-state index contributed by atoms with van der Waals surface area (Å²) in [5.41, 5.74) is 5.37. The van der Waals surface area contributed by atoms with Gasteiger partial charge in [0.05, 0.1) is 5.69 Å². The molecule has 0 saturated carbocycles. The number of hydrogen-bond donors (Lipinski definition) is 0. The molecule has 0 spiro atoms. The Kier molecular flexibility index (Phi) is 5.35. The van der Waals surface area contributed by atoms with Crippen LogP contribution in [0.5, 0.6) is 0 Å². The number of fused-ring (bicyclic) bond motifs is 1. The van der Waals surface area contributed by atoms with Crippen LogP contribution in [-0.4, -0.2) is 56.7 Å². The van der Waals surface area contributed by atoms with E-state index in [9.17, 15) is 4.39 Å². The van der Waals surface area contributed by atoms with E-state index in [2.05, 4.69) is 41.6 Å². The van der Waals surface area contributed by atoms with Crippen molar-refractivity contribution in [1.82, 2.24) is 24.5 Å². The van der Waals surface area contributed by atoms with Gasteiger partial charge in [-0.2, -0.15) is 0 Å². The number of rotatable bonds is 4. The minimum atomic E-state index is -0.264. The molecule has 1 aliphatic heterocycles. The van der Waals surface area contributed by atoms with E-state index in [0.29, 0.717) is 6.04 Å². The average molecular weight is 431 g/mol. The Labute approximate surface area is 187 Å². The maximum Gasteiger partial charge on any atom is 0.158 e. The fraction of sp³-hybridized carbons (Fsp3) is 0.320. The second-order valence-electron chi connectivity index (χ2n) is 8.59.